The van der Waals surface area contributed by atoms with Gasteiger partial charge in [0.1, 0.15) is 5.69 Å². The van der Waals surface area contributed by atoms with Gasteiger partial charge in [0, 0.05) is 26.3 Å². The molecule has 104 valence electrons. The molecular weight excluding hydrogens is 238 g/mol. The number of carbonyl (C=O) groups is 1. The third kappa shape index (κ3) is 2.08. The molecule has 0 spiro atoms. The summed E-state index contributed by atoms with van der Waals surface area (Å²) in [7, 11) is 1.95. The molecular formula is C15H23N3O. The highest BCUT2D eigenvalue weighted by atomic mass is 16.2. The lowest BCUT2D eigenvalue weighted by Crippen LogP contribution is -2.48. The SMILES string of the molecule is CC(C)CCN1C[C@@H]2[C@H](C1)n1cccc1C(=O)N2C. The fourth-order valence-electron chi connectivity index (χ4n) is 3.32. The molecule has 19 heavy (non-hydrogen) atoms. The van der Waals surface area contributed by atoms with Crippen molar-refractivity contribution in [1.29, 1.82) is 0 Å². The molecule has 4 heteroatoms. The summed E-state index contributed by atoms with van der Waals surface area (Å²) < 4.78 is 2.18. The first-order valence-electron chi connectivity index (χ1n) is 7.24. The van der Waals surface area contributed by atoms with Crippen LogP contribution in [0.1, 0.15) is 36.8 Å². The van der Waals surface area contributed by atoms with Crippen LogP contribution in [0.4, 0.5) is 0 Å². The molecule has 2 aliphatic heterocycles. The van der Waals surface area contributed by atoms with Crippen molar-refractivity contribution in [3.63, 3.8) is 0 Å². The van der Waals surface area contributed by atoms with Gasteiger partial charge in [-0.1, -0.05) is 13.8 Å². The predicted octanol–water partition coefficient (Wildman–Crippen LogP) is 1.85. The second-order valence-corrected chi connectivity index (χ2v) is 6.29. The Bertz CT molecular complexity index is 479. The summed E-state index contributed by atoms with van der Waals surface area (Å²) in [6.07, 6.45) is 3.29. The molecule has 3 rings (SSSR count). The van der Waals surface area contributed by atoms with Gasteiger partial charge in [-0.05, 0) is 31.0 Å². The molecule has 1 fully saturated rings. The Kier molecular flexibility index (Phi) is 3.13. The maximum Gasteiger partial charge on any atom is 0.270 e. The van der Waals surface area contributed by atoms with E-state index in [2.05, 4.69) is 29.5 Å². The lowest BCUT2D eigenvalue weighted by molar-refractivity contribution is 0.0643. The largest absolute Gasteiger partial charge is 0.337 e. The minimum Gasteiger partial charge on any atom is -0.337 e. The molecule has 0 unspecified atom stereocenters. The van der Waals surface area contributed by atoms with Crippen LogP contribution in [0.15, 0.2) is 18.3 Å². The van der Waals surface area contributed by atoms with Gasteiger partial charge in [0.25, 0.3) is 5.91 Å². The van der Waals surface area contributed by atoms with Crippen molar-refractivity contribution in [2.24, 2.45) is 5.92 Å². The van der Waals surface area contributed by atoms with Crippen molar-refractivity contribution in [2.45, 2.75) is 32.4 Å². The highest BCUT2D eigenvalue weighted by molar-refractivity contribution is 5.93. The summed E-state index contributed by atoms with van der Waals surface area (Å²) in [5.41, 5.74) is 0.842. The molecule has 4 nitrogen and oxygen atoms in total. The van der Waals surface area contributed by atoms with E-state index >= 15 is 0 Å². The fraction of sp³-hybridized carbons (Fsp3) is 0.667. The molecule has 1 amide bonds. The van der Waals surface area contributed by atoms with Crippen molar-refractivity contribution < 1.29 is 4.79 Å². The van der Waals surface area contributed by atoms with Crippen molar-refractivity contribution >= 4 is 5.91 Å². The van der Waals surface area contributed by atoms with Crippen LogP contribution in [0.2, 0.25) is 0 Å². The average Bonchev–Trinajstić information content (AvgIpc) is 2.99. The van der Waals surface area contributed by atoms with E-state index in [-0.39, 0.29) is 5.91 Å². The van der Waals surface area contributed by atoms with Crippen LogP contribution in [0.5, 0.6) is 0 Å². The minimum atomic E-state index is 0.164. The Balaban J connectivity index is 1.79. The van der Waals surface area contributed by atoms with Crippen LogP contribution in [0, 0.1) is 5.92 Å². The Hall–Kier alpha value is -1.29. The maximum absolute atomic E-state index is 12.3. The Morgan fingerprint density at radius 1 is 1.32 bits per heavy atom. The molecule has 0 aromatic carbocycles. The van der Waals surface area contributed by atoms with Gasteiger partial charge in [0.05, 0.1) is 12.1 Å². The maximum atomic E-state index is 12.3. The van der Waals surface area contributed by atoms with Crippen LogP contribution >= 0.6 is 0 Å². The zero-order valence-corrected chi connectivity index (χ0v) is 12.0. The number of nitrogens with zero attached hydrogens (tertiary/aromatic N) is 3. The molecule has 0 N–H and O–H groups in total. The molecule has 3 heterocycles. The standard InChI is InChI=1S/C15H23N3O/c1-11(2)6-8-17-9-13-14(10-17)18-7-4-5-12(18)15(19)16(13)3/h4-5,7,11,13-14H,6,8-10H2,1-3H3/t13-,14+/m1/s1. The van der Waals surface area contributed by atoms with Gasteiger partial charge in [-0.25, -0.2) is 0 Å². The predicted molar refractivity (Wildman–Crippen MR) is 75.2 cm³/mol. The molecule has 1 aromatic heterocycles. The first-order chi connectivity index (χ1) is 9.08. The van der Waals surface area contributed by atoms with E-state index < -0.39 is 0 Å². The van der Waals surface area contributed by atoms with Crippen molar-refractivity contribution in [1.82, 2.24) is 14.4 Å². The fourth-order valence-corrected chi connectivity index (χ4v) is 3.32. The minimum absolute atomic E-state index is 0.164. The third-order valence-corrected chi connectivity index (χ3v) is 4.53. The Labute approximate surface area is 115 Å². The molecule has 2 aliphatic rings. The molecule has 2 atom stereocenters. The number of rotatable bonds is 3. The van der Waals surface area contributed by atoms with E-state index in [1.807, 2.05) is 24.1 Å². The van der Waals surface area contributed by atoms with Crippen molar-refractivity contribution in [3.05, 3.63) is 24.0 Å². The Morgan fingerprint density at radius 3 is 2.79 bits per heavy atom. The highest BCUT2D eigenvalue weighted by Crippen LogP contribution is 2.32. The average molecular weight is 261 g/mol. The van der Waals surface area contributed by atoms with Gasteiger partial charge < -0.3 is 9.47 Å². The second-order valence-electron chi connectivity index (χ2n) is 6.29. The monoisotopic (exact) mass is 261 g/mol. The lowest BCUT2D eigenvalue weighted by atomic mass is 10.1. The first kappa shape index (κ1) is 12.7. The van der Waals surface area contributed by atoms with E-state index in [0.29, 0.717) is 12.1 Å². The van der Waals surface area contributed by atoms with Gasteiger partial charge >= 0.3 is 0 Å². The number of carbonyl (C=O) groups excluding carboxylic acids is 1. The van der Waals surface area contributed by atoms with E-state index in [4.69, 9.17) is 0 Å². The number of hydrogen-bond donors (Lipinski definition) is 0. The van der Waals surface area contributed by atoms with E-state index in [1.54, 1.807) is 0 Å². The van der Waals surface area contributed by atoms with Gasteiger partial charge in [-0.2, -0.15) is 0 Å². The smallest absolute Gasteiger partial charge is 0.270 e. The molecule has 0 bridgehead atoms. The number of hydrogen-bond acceptors (Lipinski definition) is 2. The summed E-state index contributed by atoms with van der Waals surface area (Å²) in [5.74, 6) is 0.904. The van der Waals surface area contributed by atoms with Crippen LogP contribution in [-0.2, 0) is 0 Å². The lowest BCUT2D eigenvalue weighted by Gasteiger charge is -2.35. The summed E-state index contributed by atoms with van der Waals surface area (Å²) in [6.45, 7) is 7.75. The van der Waals surface area contributed by atoms with Crippen LogP contribution in [0.3, 0.4) is 0 Å². The van der Waals surface area contributed by atoms with Crippen LogP contribution in [-0.4, -0.2) is 53.0 Å². The summed E-state index contributed by atoms with van der Waals surface area (Å²) in [5, 5.41) is 0. The number of aromatic nitrogens is 1. The normalized spacial score (nSPS) is 26.9. The van der Waals surface area contributed by atoms with Gasteiger partial charge in [-0.15, -0.1) is 0 Å². The first-order valence-corrected chi connectivity index (χ1v) is 7.24. The van der Waals surface area contributed by atoms with E-state index in [1.165, 1.54) is 6.42 Å². The zero-order valence-electron chi connectivity index (χ0n) is 12.0. The molecule has 1 saturated heterocycles. The van der Waals surface area contributed by atoms with Gasteiger partial charge in [0.15, 0.2) is 0 Å². The van der Waals surface area contributed by atoms with Gasteiger partial charge in [0.2, 0.25) is 0 Å². The highest BCUT2D eigenvalue weighted by Gasteiger charge is 2.43. The summed E-state index contributed by atoms with van der Waals surface area (Å²) >= 11 is 0. The quantitative estimate of drug-likeness (QED) is 0.830. The number of likely N-dealkylation sites (N-methyl/N-ethyl adjacent to an activating group) is 1. The van der Waals surface area contributed by atoms with Crippen LogP contribution < -0.4 is 0 Å². The molecule has 0 radical (unpaired) electrons. The molecule has 0 saturated carbocycles. The van der Waals surface area contributed by atoms with Crippen molar-refractivity contribution in [3.8, 4) is 0 Å². The number of amides is 1. The molecule has 1 aromatic rings. The second kappa shape index (κ2) is 4.67. The zero-order chi connectivity index (χ0) is 13.6. The van der Waals surface area contributed by atoms with Crippen molar-refractivity contribution in [2.75, 3.05) is 26.7 Å². The topological polar surface area (TPSA) is 28.5 Å². The molecule has 0 aliphatic carbocycles. The van der Waals surface area contributed by atoms with Crippen LogP contribution in [0.25, 0.3) is 0 Å². The number of likely N-dealkylation sites (tertiary alicyclic amines) is 1. The summed E-state index contributed by atoms with van der Waals surface area (Å²) in [6, 6.07) is 4.69. The summed E-state index contributed by atoms with van der Waals surface area (Å²) in [4.78, 5) is 16.7. The van der Waals surface area contributed by atoms with E-state index in [0.717, 1.165) is 31.2 Å². The third-order valence-electron chi connectivity index (χ3n) is 4.53. The number of fused-ring (bicyclic) bond motifs is 3. The van der Waals surface area contributed by atoms with E-state index in [9.17, 15) is 4.79 Å². The Morgan fingerprint density at radius 2 is 2.05 bits per heavy atom. The van der Waals surface area contributed by atoms with Gasteiger partial charge in [-0.3, -0.25) is 9.69 Å².